The molecule has 0 aromatic heterocycles. The van der Waals surface area contributed by atoms with Gasteiger partial charge in [0.15, 0.2) is 0 Å². The molecule has 0 aliphatic rings. The Bertz CT molecular complexity index is 565. The lowest BCUT2D eigenvalue weighted by molar-refractivity contribution is 0.632. The molecule has 2 aromatic carbocycles. The highest BCUT2D eigenvalue weighted by Gasteiger charge is 2.21. The highest BCUT2D eigenvalue weighted by Crippen LogP contribution is 2.40. The van der Waals surface area contributed by atoms with Crippen molar-refractivity contribution in [3.05, 3.63) is 65.2 Å². The first-order valence-electron chi connectivity index (χ1n) is 7.17. The van der Waals surface area contributed by atoms with Crippen molar-refractivity contribution in [2.24, 2.45) is 5.73 Å². The molecule has 0 bridgehead atoms. The lowest BCUT2D eigenvalue weighted by Gasteiger charge is -2.25. The van der Waals surface area contributed by atoms with Gasteiger partial charge in [-0.25, -0.2) is 0 Å². The van der Waals surface area contributed by atoms with Gasteiger partial charge >= 0.3 is 0 Å². The zero-order chi connectivity index (χ0) is 14.5. The second kappa shape index (κ2) is 6.96. The number of rotatable bonds is 5. The van der Waals surface area contributed by atoms with Gasteiger partial charge in [-0.15, -0.1) is 11.8 Å². The fourth-order valence-electron chi connectivity index (χ4n) is 2.33. The van der Waals surface area contributed by atoms with Gasteiger partial charge in [-0.1, -0.05) is 49.4 Å². The third-order valence-corrected chi connectivity index (χ3v) is 5.27. The molecule has 0 radical (unpaired) electrons. The Morgan fingerprint density at radius 1 is 0.950 bits per heavy atom. The van der Waals surface area contributed by atoms with Crippen LogP contribution in [0.5, 0.6) is 0 Å². The van der Waals surface area contributed by atoms with E-state index in [0.717, 1.165) is 6.42 Å². The second-order valence-corrected chi connectivity index (χ2v) is 6.42. The standard InChI is InChI=1S/C18H23NS/c1-4-16(19)18(15-11-7-5-9-13(15)2)20-17-12-8-6-10-14(17)3/h5-12,16,18H,4,19H2,1-3H3. The van der Waals surface area contributed by atoms with E-state index in [9.17, 15) is 0 Å². The summed E-state index contributed by atoms with van der Waals surface area (Å²) in [5.41, 5.74) is 10.4. The fourth-order valence-corrected chi connectivity index (χ4v) is 3.77. The topological polar surface area (TPSA) is 26.0 Å². The zero-order valence-electron chi connectivity index (χ0n) is 12.5. The van der Waals surface area contributed by atoms with Crippen LogP contribution in [0.1, 0.15) is 35.3 Å². The first-order valence-corrected chi connectivity index (χ1v) is 8.04. The monoisotopic (exact) mass is 285 g/mol. The fraction of sp³-hybridized carbons (Fsp3) is 0.333. The van der Waals surface area contributed by atoms with E-state index >= 15 is 0 Å². The molecule has 0 saturated heterocycles. The highest BCUT2D eigenvalue weighted by molar-refractivity contribution is 7.99. The predicted octanol–water partition coefficient (Wildman–Crippen LogP) is 4.87. The van der Waals surface area contributed by atoms with Crippen molar-refractivity contribution in [3.8, 4) is 0 Å². The Labute approximate surface area is 126 Å². The predicted molar refractivity (Wildman–Crippen MR) is 89.2 cm³/mol. The molecular formula is C18H23NS. The quantitative estimate of drug-likeness (QED) is 0.793. The first kappa shape index (κ1) is 15.1. The smallest absolute Gasteiger partial charge is 0.0498 e. The van der Waals surface area contributed by atoms with Crippen LogP contribution in [0.2, 0.25) is 0 Å². The third kappa shape index (κ3) is 3.44. The molecule has 0 fully saturated rings. The van der Waals surface area contributed by atoms with Crippen molar-refractivity contribution in [2.75, 3.05) is 0 Å². The van der Waals surface area contributed by atoms with Gasteiger partial charge in [0.25, 0.3) is 0 Å². The normalized spacial score (nSPS) is 14.0. The molecule has 2 N–H and O–H groups in total. The summed E-state index contributed by atoms with van der Waals surface area (Å²) in [6.45, 7) is 6.49. The molecule has 2 aromatic rings. The Morgan fingerprint density at radius 2 is 1.55 bits per heavy atom. The number of benzene rings is 2. The van der Waals surface area contributed by atoms with Crippen LogP contribution < -0.4 is 5.73 Å². The Hall–Kier alpha value is -1.25. The van der Waals surface area contributed by atoms with Gasteiger partial charge in [0.2, 0.25) is 0 Å². The molecule has 2 unspecified atom stereocenters. The van der Waals surface area contributed by atoms with Crippen LogP contribution in [0, 0.1) is 13.8 Å². The first-order chi connectivity index (χ1) is 9.63. The van der Waals surface area contributed by atoms with E-state index in [4.69, 9.17) is 5.73 Å². The van der Waals surface area contributed by atoms with E-state index in [1.807, 2.05) is 11.8 Å². The van der Waals surface area contributed by atoms with Gasteiger partial charge in [0, 0.05) is 16.2 Å². The molecule has 20 heavy (non-hydrogen) atoms. The summed E-state index contributed by atoms with van der Waals surface area (Å²) in [5, 5.41) is 0.308. The summed E-state index contributed by atoms with van der Waals surface area (Å²) in [6.07, 6.45) is 0.984. The zero-order valence-corrected chi connectivity index (χ0v) is 13.3. The van der Waals surface area contributed by atoms with E-state index in [0.29, 0.717) is 5.25 Å². The average Bonchev–Trinajstić information content (AvgIpc) is 2.47. The number of hydrogen-bond acceptors (Lipinski definition) is 2. The number of thioether (sulfide) groups is 1. The number of aryl methyl sites for hydroxylation is 2. The summed E-state index contributed by atoms with van der Waals surface area (Å²) in [4.78, 5) is 1.32. The Kier molecular flexibility index (Phi) is 5.27. The van der Waals surface area contributed by atoms with Crippen molar-refractivity contribution >= 4 is 11.8 Å². The van der Waals surface area contributed by atoms with E-state index in [1.54, 1.807) is 0 Å². The molecule has 0 spiro atoms. The van der Waals surface area contributed by atoms with Gasteiger partial charge in [-0.2, -0.15) is 0 Å². The summed E-state index contributed by atoms with van der Waals surface area (Å²) in [7, 11) is 0. The maximum Gasteiger partial charge on any atom is 0.0498 e. The van der Waals surface area contributed by atoms with E-state index in [2.05, 4.69) is 69.3 Å². The van der Waals surface area contributed by atoms with Crippen LogP contribution in [-0.4, -0.2) is 6.04 Å². The van der Waals surface area contributed by atoms with Crippen LogP contribution >= 0.6 is 11.8 Å². The summed E-state index contributed by atoms with van der Waals surface area (Å²) in [6, 6.07) is 17.3. The minimum atomic E-state index is 0.167. The largest absolute Gasteiger partial charge is 0.326 e. The number of nitrogens with two attached hydrogens (primary N) is 1. The molecule has 2 rings (SSSR count). The van der Waals surface area contributed by atoms with Crippen LogP contribution in [-0.2, 0) is 0 Å². The lowest BCUT2D eigenvalue weighted by Crippen LogP contribution is -2.26. The van der Waals surface area contributed by atoms with Gasteiger partial charge in [-0.3, -0.25) is 0 Å². The van der Waals surface area contributed by atoms with Crippen molar-refractivity contribution in [1.82, 2.24) is 0 Å². The Morgan fingerprint density at radius 3 is 2.15 bits per heavy atom. The number of hydrogen-bond donors (Lipinski definition) is 1. The minimum Gasteiger partial charge on any atom is -0.326 e. The minimum absolute atomic E-state index is 0.167. The van der Waals surface area contributed by atoms with Crippen LogP contribution in [0.3, 0.4) is 0 Å². The van der Waals surface area contributed by atoms with Gasteiger partial charge in [0.1, 0.15) is 0 Å². The lowest BCUT2D eigenvalue weighted by atomic mass is 10.00. The van der Waals surface area contributed by atoms with Crippen molar-refractivity contribution < 1.29 is 0 Å². The van der Waals surface area contributed by atoms with E-state index < -0.39 is 0 Å². The van der Waals surface area contributed by atoms with Crippen LogP contribution in [0.4, 0.5) is 0 Å². The molecule has 0 saturated carbocycles. The summed E-state index contributed by atoms with van der Waals surface area (Å²) >= 11 is 1.89. The van der Waals surface area contributed by atoms with Crippen LogP contribution in [0.15, 0.2) is 53.4 Å². The molecule has 1 nitrogen and oxygen atoms in total. The molecule has 106 valence electrons. The van der Waals surface area contributed by atoms with E-state index in [1.165, 1.54) is 21.6 Å². The molecule has 0 aliphatic carbocycles. The summed E-state index contributed by atoms with van der Waals surface area (Å²) < 4.78 is 0. The summed E-state index contributed by atoms with van der Waals surface area (Å²) in [5.74, 6) is 0. The molecule has 0 heterocycles. The van der Waals surface area contributed by atoms with Crippen molar-refractivity contribution in [3.63, 3.8) is 0 Å². The average molecular weight is 285 g/mol. The molecule has 2 heteroatoms. The molecule has 0 aliphatic heterocycles. The van der Waals surface area contributed by atoms with Gasteiger partial charge in [0.05, 0.1) is 0 Å². The third-order valence-electron chi connectivity index (χ3n) is 3.70. The highest BCUT2D eigenvalue weighted by atomic mass is 32.2. The van der Waals surface area contributed by atoms with Gasteiger partial charge in [-0.05, 0) is 43.0 Å². The van der Waals surface area contributed by atoms with Crippen molar-refractivity contribution in [2.45, 2.75) is 43.4 Å². The van der Waals surface area contributed by atoms with Crippen molar-refractivity contribution in [1.29, 1.82) is 0 Å². The van der Waals surface area contributed by atoms with Crippen LogP contribution in [0.25, 0.3) is 0 Å². The molecule has 0 amide bonds. The molecule has 2 atom stereocenters. The maximum absolute atomic E-state index is 6.40. The van der Waals surface area contributed by atoms with Gasteiger partial charge < -0.3 is 5.73 Å². The molecular weight excluding hydrogens is 262 g/mol. The SMILES string of the molecule is CCC(N)C(Sc1ccccc1C)c1ccccc1C. The second-order valence-electron chi connectivity index (χ2n) is 5.23. The Balaban J connectivity index is 2.35. The maximum atomic E-state index is 6.40. The van der Waals surface area contributed by atoms with E-state index in [-0.39, 0.29) is 6.04 Å².